The Balaban J connectivity index is 1.67. The minimum Gasteiger partial charge on any atom is -0.392 e. The highest BCUT2D eigenvalue weighted by Gasteiger charge is 2.18. The van der Waals surface area contributed by atoms with Crippen molar-refractivity contribution >= 4 is 23.1 Å². The van der Waals surface area contributed by atoms with Gasteiger partial charge in [0.1, 0.15) is 5.82 Å². The van der Waals surface area contributed by atoms with Gasteiger partial charge in [-0.15, -0.1) is 0 Å². The van der Waals surface area contributed by atoms with E-state index in [2.05, 4.69) is 14.8 Å². The Bertz CT molecular complexity index is 598. The number of aliphatic hydroxyl groups excluding tert-OH is 1. The summed E-state index contributed by atoms with van der Waals surface area (Å²) in [5, 5.41) is 9.80. The Morgan fingerprint density at radius 2 is 1.81 bits per heavy atom. The van der Waals surface area contributed by atoms with Crippen molar-refractivity contribution in [1.29, 1.82) is 0 Å². The van der Waals surface area contributed by atoms with Crippen LogP contribution in [0.5, 0.6) is 0 Å². The fraction of sp³-hybridized carbons (Fsp3) is 0.312. The monoisotopic (exact) mass is 303 g/mol. The molecule has 0 aliphatic carbocycles. The first-order valence-electron chi connectivity index (χ1n) is 7.08. The number of aromatic nitrogens is 1. The molecule has 5 heteroatoms. The van der Waals surface area contributed by atoms with Crippen molar-refractivity contribution in [1.82, 2.24) is 4.98 Å². The Morgan fingerprint density at radius 3 is 2.43 bits per heavy atom. The van der Waals surface area contributed by atoms with Gasteiger partial charge in [0.2, 0.25) is 0 Å². The molecule has 0 saturated carbocycles. The van der Waals surface area contributed by atoms with Crippen LogP contribution in [0.3, 0.4) is 0 Å². The molecule has 21 heavy (non-hydrogen) atoms. The van der Waals surface area contributed by atoms with Crippen molar-refractivity contribution in [3.8, 4) is 0 Å². The molecule has 2 heterocycles. The summed E-state index contributed by atoms with van der Waals surface area (Å²) < 4.78 is 0. The standard InChI is InChI=1S/C16H18ClN3O/c17-15-11-14(5-4-13(15)12-21)19-7-9-20(10-8-19)16-3-1-2-6-18-16/h1-6,11,21H,7-10,12H2. The number of aliphatic hydroxyl groups is 1. The Hall–Kier alpha value is -1.78. The number of nitrogens with zero attached hydrogens (tertiary/aromatic N) is 3. The van der Waals surface area contributed by atoms with Crippen LogP contribution in [0.1, 0.15) is 5.56 Å². The van der Waals surface area contributed by atoms with Gasteiger partial charge in [-0.1, -0.05) is 23.7 Å². The van der Waals surface area contributed by atoms with Gasteiger partial charge in [0.15, 0.2) is 0 Å². The molecule has 1 aromatic carbocycles. The van der Waals surface area contributed by atoms with Crippen LogP contribution in [0.2, 0.25) is 5.02 Å². The molecule has 1 aromatic heterocycles. The van der Waals surface area contributed by atoms with Gasteiger partial charge in [0.05, 0.1) is 6.61 Å². The first-order valence-corrected chi connectivity index (χ1v) is 7.46. The molecule has 0 unspecified atom stereocenters. The number of rotatable bonds is 3. The molecule has 1 aliphatic rings. The van der Waals surface area contributed by atoms with Gasteiger partial charge in [0.25, 0.3) is 0 Å². The van der Waals surface area contributed by atoms with E-state index in [-0.39, 0.29) is 6.61 Å². The second-order valence-corrected chi connectivity index (χ2v) is 5.50. The number of piperazine rings is 1. The smallest absolute Gasteiger partial charge is 0.128 e. The SMILES string of the molecule is OCc1ccc(N2CCN(c3ccccn3)CC2)cc1Cl. The van der Waals surface area contributed by atoms with Crippen LogP contribution in [0.4, 0.5) is 11.5 Å². The third kappa shape index (κ3) is 3.12. The summed E-state index contributed by atoms with van der Waals surface area (Å²) in [6.45, 7) is 3.73. The highest BCUT2D eigenvalue weighted by atomic mass is 35.5. The molecule has 1 fully saturated rings. The molecule has 0 radical (unpaired) electrons. The highest BCUT2D eigenvalue weighted by molar-refractivity contribution is 6.31. The number of halogens is 1. The highest BCUT2D eigenvalue weighted by Crippen LogP contribution is 2.25. The minimum absolute atomic E-state index is 0.0213. The van der Waals surface area contributed by atoms with E-state index in [9.17, 15) is 0 Å². The van der Waals surface area contributed by atoms with Gasteiger partial charge < -0.3 is 14.9 Å². The lowest BCUT2D eigenvalue weighted by molar-refractivity contribution is 0.282. The normalized spacial score (nSPS) is 15.3. The van der Waals surface area contributed by atoms with Crippen molar-refractivity contribution in [2.45, 2.75) is 6.61 Å². The second-order valence-electron chi connectivity index (χ2n) is 5.10. The molecule has 4 nitrogen and oxygen atoms in total. The molecular weight excluding hydrogens is 286 g/mol. The van der Waals surface area contributed by atoms with Crippen molar-refractivity contribution in [2.75, 3.05) is 36.0 Å². The Labute approximate surface area is 129 Å². The van der Waals surface area contributed by atoms with Crippen LogP contribution in [0, 0.1) is 0 Å². The van der Waals surface area contributed by atoms with Crippen molar-refractivity contribution < 1.29 is 5.11 Å². The van der Waals surface area contributed by atoms with E-state index in [1.165, 1.54) is 0 Å². The fourth-order valence-electron chi connectivity index (χ4n) is 2.60. The summed E-state index contributed by atoms with van der Waals surface area (Å²) in [4.78, 5) is 9.00. The topological polar surface area (TPSA) is 39.6 Å². The maximum atomic E-state index is 9.17. The number of hydrogen-bond acceptors (Lipinski definition) is 4. The third-order valence-electron chi connectivity index (χ3n) is 3.83. The van der Waals surface area contributed by atoms with E-state index < -0.39 is 0 Å². The molecule has 1 aliphatic heterocycles. The van der Waals surface area contributed by atoms with Gasteiger partial charge in [-0.05, 0) is 29.8 Å². The fourth-order valence-corrected chi connectivity index (χ4v) is 2.83. The predicted octanol–water partition coefficient (Wildman–Crippen LogP) is 2.55. The lowest BCUT2D eigenvalue weighted by Crippen LogP contribution is -2.46. The molecule has 0 atom stereocenters. The van der Waals surface area contributed by atoms with Gasteiger partial charge >= 0.3 is 0 Å². The molecule has 0 amide bonds. The van der Waals surface area contributed by atoms with E-state index in [4.69, 9.17) is 16.7 Å². The number of hydrogen-bond donors (Lipinski definition) is 1. The zero-order valence-electron chi connectivity index (χ0n) is 11.7. The lowest BCUT2D eigenvalue weighted by Gasteiger charge is -2.36. The zero-order valence-corrected chi connectivity index (χ0v) is 12.5. The molecule has 3 rings (SSSR count). The number of benzene rings is 1. The molecule has 1 N–H and O–H groups in total. The molecule has 0 bridgehead atoms. The van der Waals surface area contributed by atoms with Crippen LogP contribution in [-0.2, 0) is 6.61 Å². The maximum absolute atomic E-state index is 9.17. The maximum Gasteiger partial charge on any atom is 0.128 e. The van der Waals surface area contributed by atoms with E-state index in [1.807, 2.05) is 42.6 Å². The lowest BCUT2D eigenvalue weighted by atomic mass is 10.2. The summed E-state index contributed by atoms with van der Waals surface area (Å²) in [7, 11) is 0. The van der Waals surface area contributed by atoms with Gasteiger partial charge in [0, 0.05) is 43.1 Å². The average Bonchev–Trinajstić information content (AvgIpc) is 2.56. The summed E-state index contributed by atoms with van der Waals surface area (Å²) in [5.41, 5.74) is 1.88. The summed E-state index contributed by atoms with van der Waals surface area (Å²) in [6.07, 6.45) is 1.83. The van der Waals surface area contributed by atoms with Crippen LogP contribution < -0.4 is 9.80 Å². The number of anilines is 2. The molecule has 2 aromatic rings. The largest absolute Gasteiger partial charge is 0.392 e. The predicted molar refractivity (Wildman–Crippen MR) is 86.0 cm³/mol. The van der Waals surface area contributed by atoms with Gasteiger partial charge in [-0.2, -0.15) is 0 Å². The molecular formula is C16H18ClN3O. The zero-order chi connectivity index (χ0) is 14.7. The van der Waals surface area contributed by atoms with Crippen LogP contribution in [0.25, 0.3) is 0 Å². The van der Waals surface area contributed by atoms with Gasteiger partial charge in [-0.3, -0.25) is 0 Å². The first-order chi connectivity index (χ1) is 10.3. The van der Waals surface area contributed by atoms with Crippen molar-refractivity contribution in [2.24, 2.45) is 0 Å². The van der Waals surface area contributed by atoms with Crippen LogP contribution in [0.15, 0.2) is 42.6 Å². The van der Waals surface area contributed by atoms with E-state index >= 15 is 0 Å². The van der Waals surface area contributed by atoms with Crippen LogP contribution in [-0.4, -0.2) is 36.3 Å². The Kier molecular flexibility index (Phi) is 4.27. The Morgan fingerprint density at radius 1 is 1.05 bits per heavy atom. The van der Waals surface area contributed by atoms with Crippen molar-refractivity contribution in [3.63, 3.8) is 0 Å². The van der Waals surface area contributed by atoms with E-state index in [0.29, 0.717) is 5.02 Å². The molecule has 0 spiro atoms. The van der Waals surface area contributed by atoms with Crippen LogP contribution >= 0.6 is 11.6 Å². The summed E-state index contributed by atoms with van der Waals surface area (Å²) in [5.74, 6) is 1.03. The second kappa shape index (κ2) is 6.33. The van der Waals surface area contributed by atoms with E-state index in [1.54, 1.807) is 0 Å². The van der Waals surface area contributed by atoms with Crippen molar-refractivity contribution in [3.05, 3.63) is 53.2 Å². The minimum atomic E-state index is -0.0213. The molecule has 110 valence electrons. The number of pyridine rings is 1. The summed E-state index contributed by atoms with van der Waals surface area (Å²) in [6, 6.07) is 11.8. The average molecular weight is 304 g/mol. The molecule has 1 saturated heterocycles. The van der Waals surface area contributed by atoms with E-state index in [0.717, 1.165) is 43.2 Å². The van der Waals surface area contributed by atoms with Gasteiger partial charge in [-0.25, -0.2) is 4.98 Å². The third-order valence-corrected chi connectivity index (χ3v) is 4.18. The first kappa shape index (κ1) is 14.2. The summed E-state index contributed by atoms with van der Waals surface area (Å²) >= 11 is 6.17. The quantitative estimate of drug-likeness (QED) is 0.946.